The van der Waals surface area contributed by atoms with E-state index in [1.807, 2.05) is 13.0 Å². The highest BCUT2D eigenvalue weighted by Crippen LogP contribution is 2.27. The molecule has 21 heavy (non-hydrogen) atoms. The first-order valence-corrected chi connectivity index (χ1v) is 8.10. The fourth-order valence-electron chi connectivity index (χ4n) is 2.94. The van der Waals surface area contributed by atoms with Crippen LogP contribution in [0.5, 0.6) is 0 Å². The van der Waals surface area contributed by atoms with Crippen LogP contribution in [0.25, 0.3) is 0 Å². The third-order valence-corrected chi connectivity index (χ3v) is 3.94. The number of ether oxygens (including phenoxy) is 1. The number of anilines is 1. The Labute approximate surface area is 127 Å². The molecule has 2 rings (SSSR count). The molecule has 3 nitrogen and oxygen atoms in total. The molecule has 0 aliphatic carbocycles. The number of nitrogens with one attached hydrogen (secondary N) is 1. The first kappa shape index (κ1) is 16.2. The second-order valence-corrected chi connectivity index (χ2v) is 5.58. The molecule has 1 unspecified atom stereocenters. The summed E-state index contributed by atoms with van der Waals surface area (Å²) >= 11 is 0. The van der Waals surface area contributed by atoms with Gasteiger partial charge in [0.05, 0.1) is 6.10 Å². The Kier molecular flexibility index (Phi) is 6.46. The molecule has 1 aromatic carbocycles. The molecular formula is C17H27FN2O. The van der Waals surface area contributed by atoms with E-state index in [4.69, 9.17) is 4.74 Å². The van der Waals surface area contributed by atoms with Gasteiger partial charge in [0.15, 0.2) is 0 Å². The van der Waals surface area contributed by atoms with Crippen molar-refractivity contribution in [2.45, 2.75) is 45.8 Å². The third-order valence-electron chi connectivity index (χ3n) is 3.94. The molecule has 1 saturated heterocycles. The monoisotopic (exact) mass is 294 g/mol. The molecule has 4 heteroatoms. The smallest absolute Gasteiger partial charge is 0.129 e. The molecule has 0 saturated carbocycles. The van der Waals surface area contributed by atoms with E-state index in [9.17, 15) is 4.39 Å². The minimum atomic E-state index is -0.116. The van der Waals surface area contributed by atoms with Gasteiger partial charge < -0.3 is 15.0 Å². The highest BCUT2D eigenvalue weighted by molar-refractivity contribution is 5.54. The zero-order valence-corrected chi connectivity index (χ0v) is 13.2. The second kappa shape index (κ2) is 8.35. The van der Waals surface area contributed by atoms with Gasteiger partial charge in [-0.05, 0) is 44.9 Å². The first-order chi connectivity index (χ1) is 10.3. The van der Waals surface area contributed by atoms with Crippen molar-refractivity contribution >= 4 is 5.69 Å². The lowest BCUT2D eigenvalue weighted by Crippen LogP contribution is -2.40. The van der Waals surface area contributed by atoms with Crippen molar-refractivity contribution in [2.75, 3.05) is 31.1 Å². The largest absolute Gasteiger partial charge is 0.377 e. The summed E-state index contributed by atoms with van der Waals surface area (Å²) in [6, 6.07) is 5.38. The molecule has 118 valence electrons. The van der Waals surface area contributed by atoms with Crippen LogP contribution >= 0.6 is 0 Å². The van der Waals surface area contributed by atoms with Gasteiger partial charge in [0.25, 0.3) is 0 Å². The summed E-state index contributed by atoms with van der Waals surface area (Å²) in [6.07, 6.45) is 3.52. The van der Waals surface area contributed by atoms with Gasteiger partial charge in [0, 0.05) is 37.5 Å². The van der Waals surface area contributed by atoms with E-state index < -0.39 is 0 Å². The predicted octanol–water partition coefficient (Wildman–Crippen LogP) is 3.33. The van der Waals surface area contributed by atoms with Crippen LogP contribution in [-0.2, 0) is 11.3 Å². The van der Waals surface area contributed by atoms with Gasteiger partial charge in [-0.15, -0.1) is 0 Å². The standard InChI is InChI=1S/C17H27FN2O/c1-3-10-19-12-15-16(18)8-5-9-17(15)20-11-6-7-14(13-20)21-4-2/h5,8-9,14,19H,3-4,6-7,10-13H2,1-2H3. The highest BCUT2D eigenvalue weighted by Gasteiger charge is 2.22. The number of piperidine rings is 1. The van der Waals surface area contributed by atoms with Crippen molar-refractivity contribution in [1.29, 1.82) is 0 Å². The Balaban J connectivity index is 2.12. The molecule has 0 aromatic heterocycles. The summed E-state index contributed by atoms with van der Waals surface area (Å²) in [5.74, 6) is -0.116. The van der Waals surface area contributed by atoms with Crippen LogP contribution in [0.1, 0.15) is 38.7 Å². The average Bonchev–Trinajstić information content (AvgIpc) is 2.50. The van der Waals surface area contributed by atoms with Crippen LogP contribution in [0, 0.1) is 5.82 Å². The summed E-state index contributed by atoms with van der Waals surface area (Å²) < 4.78 is 19.9. The van der Waals surface area contributed by atoms with E-state index in [0.717, 1.165) is 56.8 Å². The lowest BCUT2D eigenvalue weighted by Gasteiger charge is -2.35. The maximum absolute atomic E-state index is 14.2. The molecular weight excluding hydrogens is 267 g/mol. The molecule has 0 radical (unpaired) electrons. The normalized spacial score (nSPS) is 19.0. The van der Waals surface area contributed by atoms with Gasteiger partial charge in [0.1, 0.15) is 5.82 Å². The Hall–Kier alpha value is -1.13. The zero-order valence-electron chi connectivity index (χ0n) is 13.2. The Bertz CT molecular complexity index is 437. The summed E-state index contributed by atoms with van der Waals surface area (Å²) in [7, 11) is 0. The van der Waals surface area contributed by atoms with Crippen molar-refractivity contribution < 1.29 is 9.13 Å². The summed E-state index contributed by atoms with van der Waals surface area (Å²) in [5, 5.41) is 3.31. The number of rotatable bonds is 7. The maximum Gasteiger partial charge on any atom is 0.129 e. The van der Waals surface area contributed by atoms with Crippen LogP contribution < -0.4 is 10.2 Å². The van der Waals surface area contributed by atoms with E-state index in [1.165, 1.54) is 0 Å². The van der Waals surface area contributed by atoms with Gasteiger partial charge in [-0.1, -0.05) is 13.0 Å². The van der Waals surface area contributed by atoms with E-state index in [1.54, 1.807) is 12.1 Å². The lowest BCUT2D eigenvalue weighted by molar-refractivity contribution is 0.0526. The van der Waals surface area contributed by atoms with E-state index in [-0.39, 0.29) is 11.9 Å². The topological polar surface area (TPSA) is 24.5 Å². The van der Waals surface area contributed by atoms with Crippen molar-refractivity contribution in [1.82, 2.24) is 5.32 Å². The van der Waals surface area contributed by atoms with E-state index in [0.29, 0.717) is 6.54 Å². The number of hydrogen-bond donors (Lipinski definition) is 1. The molecule has 1 aromatic rings. The number of halogens is 1. The molecule has 0 bridgehead atoms. The molecule has 1 N–H and O–H groups in total. The van der Waals surface area contributed by atoms with Crippen molar-refractivity contribution in [2.24, 2.45) is 0 Å². The van der Waals surface area contributed by atoms with E-state index in [2.05, 4.69) is 17.1 Å². The molecule has 1 aliphatic heterocycles. The summed E-state index contributed by atoms with van der Waals surface area (Å²) in [5.41, 5.74) is 1.80. The van der Waals surface area contributed by atoms with Crippen molar-refractivity contribution in [3.63, 3.8) is 0 Å². The predicted molar refractivity (Wildman–Crippen MR) is 85.3 cm³/mol. The van der Waals surface area contributed by atoms with Gasteiger partial charge in [-0.3, -0.25) is 0 Å². The first-order valence-electron chi connectivity index (χ1n) is 8.10. The Morgan fingerprint density at radius 3 is 3.00 bits per heavy atom. The van der Waals surface area contributed by atoms with Gasteiger partial charge in [-0.25, -0.2) is 4.39 Å². The molecule has 1 atom stereocenters. The summed E-state index contributed by atoms with van der Waals surface area (Å²) in [6.45, 7) is 8.23. The van der Waals surface area contributed by atoms with Crippen LogP contribution in [0.3, 0.4) is 0 Å². The van der Waals surface area contributed by atoms with Gasteiger partial charge >= 0.3 is 0 Å². The SMILES string of the molecule is CCCNCc1c(F)cccc1N1CCCC(OCC)C1. The van der Waals surface area contributed by atoms with Crippen molar-refractivity contribution in [3.05, 3.63) is 29.6 Å². The fourth-order valence-corrected chi connectivity index (χ4v) is 2.94. The zero-order chi connectivity index (χ0) is 15.1. The van der Waals surface area contributed by atoms with Crippen LogP contribution in [0.4, 0.5) is 10.1 Å². The van der Waals surface area contributed by atoms with Crippen LogP contribution in [0.2, 0.25) is 0 Å². The Morgan fingerprint density at radius 1 is 1.38 bits per heavy atom. The quantitative estimate of drug-likeness (QED) is 0.781. The van der Waals surface area contributed by atoms with Crippen LogP contribution in [0.15, 0.2) is 18.2 Å². The van der Waals surface area contributed by atoms with Crippen molar-refractivity contribution in [3.8, 4) is 0 Å². The number of nitrogens with zero attached hydrogens (tertiary/aromatic N) is 1. The Morgan fingerprint density at radius 2 is 2.24 bits per heavy atom. The molecule has 1 heterocycles. The fraction of sp³-hybridized carbons (Fsp3) is 0.647. The highest BCUT2D eigenvalue weighted by atomic mass is 19.1. The maximum atomic E-state index is 14.2. The third kappa shape index (κ3) is 4.42. The summed E-state index contributed by atoms with van der Waals surface area (Å²) in [4.78, 5) is 2.27. The molecule has 1 fully saturated rings. The molecule has 0 spiro atoms. The number of benzene rings is 1. The minimum absolute atomic E-state index is 0.116. The van der Waals surface area contributed by atoms with Crippen LogP contribution in [-0.4, -0.2) is 32.3 Å². The van der Waals surface area contributed by atoms with Gasteiger partial charge in [0.2, 0.25) is 0 Å². The molecule has 0 amide bonds. The lowest BCUT2D eigenvalue weighted by atomic mass is 10.0. The van der Waals surface area contributed by atoms with E-state index >= 15 is 0 Å². The second-order valence-electron chi connectivity index (χ2n) is 5.58. The number of hydrogen-bond acceptors (Lipinski definition) is 3. The van der Waals surface area contributed by atoms with Gasteiger partial charge in [-0.2, -0.15) is 0 Å². The average molecular weight is 294 g/mol. The molecule has 1 aliphatic rings. The minimum Gasteiger partial charge on any atom is -0.377 e.